The summed E-state index contributed by atoms with van der Waals surface area (Å²) in [4.78, 5) is 27.2. The van der Waals surface area contributed by atoms with Gasteiger partial charge in [-0.15, -0.1) is 0 Å². The molecule has 6 nitrogen and oxygen atoms in total. The Balaban J connectivity index is 2.46. The van der Waals surface area contributed by atoms with Gasteiger partial charge in [-0.2, -0.15) is 0 Å². The fourth-order valence-corrected chi connectivity index (χ4v) is 1.82. The van der Waals surface area contributed by atoms with E-state index in [1.54, 1.807) is 27.8 Å². The lowest BCUT2D eigenvalue weighted by atomic mass is 10.2. The zero-order valence-electron chi connectivity index (χ0n) is 12.4. The molecule has 1 atom stereocenters. The third kappa shape index (κ3) is 5.57. The molecule has 0 aliphatic carbocycles. The van der Waals surface area contributed by atoms with Crippen LogP contribution in [-0.2, 0) is 19.1 Å². The van der Waals surface area contributed by atoms with Crippen LogP contribution in [-0.4, -0.2) is 73.7 Å². The lowest BCUT2D eigenvalue weighted by Gasteiger charge is -2.31. The van der Waals surface area contributed by atoms with Crippen LogP contribution in [0.15, 0.2) is 0 Å². The zero-order chi connectivity index (χ0) is 14.6. The second kappa shape index (κ2) is 6.34. The number of amides is 1. The summed E-state index contributed by atoms with van der Waals surface area (Å²) >= 11 is 0. The molecule has 0 bridgehead atoms. The van der Waals surface area contributed by atoms with Crippen molar-refractivity contribution in [3.63, 3.8) is 0 Å². The number of carbonyl (C=O) groups is 2. The first-order valence-electron chi connectivity index (χ1n) is 6.46. The molecule has 0 aromatic rings. The van der Waals surface area contributed by atoms with Crippen LogP contribution in [0.25, 0.3) is 0 Å². The first-order valence-corrected chi connectivity index (χ1v) is 6.46. The predicted octanol–water partition coefficient (Wildman–Crippen LogP) is 0.117. The van der Waals surface area contributed by atoms with Gasteiger partial charge in [-0.25, -0.2) is 0 Å². The second-order valence-corrected chi connectivity index (χ2v) is 5.90. The lowest BCUT2D eigenvalue weighted by Crippen LogP contribution is -2.50. The second-order valence-electron chi connectivity index (χ2n) is 5.90. The number of nitrogens with zero attached hydrogens (tertiary/aromatic N) is 2. The normalized spacial score (nSPS) is 21.0. The fraction of sp³-hybridized carbons (Fsp3) is 0.846. The molecule has 110 valence electrons. The molecule has 6 heteroatoms. The van der Waals surface area contributed by atoms with Crippen molar-refractivity contribution in [1.29, 1.82) is 0 Å². The van der Waals surface area contributed by atoms with E-state index < -0.39 is 17.7 Å². The van der Waals surface area contributed by atoms with Gasteiger partial charge < -0.3 is 19.3 Å². The largest absolute Gasteiger partial charge is 0.459 e. The van der Waals surface area contributed by atoms with Crippen LogP contribution >= 0.6 is 0 Å². The number of hydrogen-bond acceptors (Lipinski definition) is 5. The summed E-state index contributed by atoms with van der Waals surface area (Å²) in [7, 11) is 3.53. The summed E-state index contributed by atoms with van der Waals surface area (Å²) in [6, 6.07) is 0. The third-order valence-corrected chi connectivity index (χ3v) is 2.71. The lowest BCUT2D eigenvalue weighted by molar-refractivity contribution is -0.161. The standard InChI is InChI=1S/C13H24N2O4/c1-13(2,3)19-11(16)9-15(5)12(17)10-8-14(4)6-7-18-10/h10H,6-9H2,1-5H3. The van der Waals surface area contributed by atoms with Crippen molar-refractivity contribution in [2.24, 2.45) is 0 Å². The summed E-state index contributed by atoms with van der Waals surface area (Å²) in [6.45, 7) is 7.24. The molecule has 1 rings (SSSR count). The van der Waals surface area contributed by atoms with Crippen LogP contribution in [0.4, 0.5) is 0 Å². The average Bonchev–Trinajstić information content (AvgIpc) is 2.25. The van der Waals surface area contributed by atoms with Crippen LogP contribution in [0.5, 0.6) is 0 Å². The van der Waals surface area contributed by atoms with E-state index in [2.05, 4.69) is 0 Å². The number of rotatable bonds is 3. The van der Waals surface area contributed by atoms with Gasteiger partial charge in [0.1, 0.15) is 18.2 Å². The highest BCUT2D eigenvalue weighted by atomic mass is 16.6. The van der Waals surface area contributed by atoms with Crippen LogP contribution in [0.2, 0.25) is 0 Å². The topological polar surface area (TPSA) is 59.1 Å². The minimum atomic E-state index is -0.539. The highest BCUT2D eigenvalue weighted by Crippen LogP contribution is 2.09. The van der Waals surface area contributed by atoms with Crippen molar-refractivity contribution in [3.05, 3.63) is 0 Å². The Hall–Kier alpha value is -1.14. The first kappa shape index (κ1) is 15.9. The Morgan fingerprint density at radius 2 is 2.05 bits per heavy atom. The molecule has 0 aromatic heterocycles. The van der Waals surface area contributed by atoms with Gasteiger partial charge in [0.25, 0.3) is 5.91 Å². The summed E-state index contributed by atoms with van der Waals surface area (Å²) in [5, 5.41) is 0. The number of morpholine rings is 1. The number of ether oxygens (including phenoxy) is 2. The maximum absolute atomic E-state index is 12.1. The van der Waals surface area contributed by atoms with Crippen molar-refractivity contribution in [3.8, 4) is 0 Å². The minimum Gasteiger partial charge on any atom is -0.459 e. The smallest absolute Gasteiger partial charge is 0.326 e. The number of likely N-dealkylation sites (N-methyl/N-ethyl adjacent to an activating group) is 2. The van der Waals surface area contributed by atoms with Crippen molar-refractivity contribution >= 4 is 11.9 Å². The monoisotopic (exact) mass is 272 g/mol. The molecule has 1 aliphatic rings. The van der Waals surface area contributed by atoms with Crippen molar-refractivity contribution in [2.45, 2.75) is 32.5 Å². The fourth-order valence-electron chi connectivity index (χ4n) is 1.82. The molecule has 1 fully saturated rings. The summed E-state index contributed by atoms with van der Waals surface area (Å²) in [5.41, 5.74) is -0.539. The van der Waals surface area contributed by atoms with E-state index in [-0.39, 0.29) is 12.5 Å². The Bertz CT molecular complexity index is 338. The molecule has 1 amide bonds. The van der Waals surface area contributed by atoms with E-state index in [9.17, 15) is 9.59 Å². The molecular formula is C13H24N2O4. The molecule has 1 heterocycles. The van der Waals surface area contributed by atoms with Gasteiger partial charge in [-0.05, 0) is 27.8 Å². The van der Waals surface area contributed by atoms with Gasteiger partial charge in [0.15, 0.2) is 0 Å². The molecule has 1 aliphatic heterocycles. The van der Waals surface area contributed by atoms with Crippen molar-refractivity contribution < 1.29 is 19.1 Å². The van der Waals surface area contributed by atoms with Crippen molar-refractivity contribution in [1.82, 2.24) is 9.80 Å². The van der Waals surface area contributed by atoms with Gasteiger partial charge >= 0.3 is 5.97 Å². The van der Waals surface area contributed by atoms with E-state index >= 15 is 0 Å². The number of hydrogen-bond donors (Lipinski definition) is 0. The van der Waals surface area contributed by atoms with E-state index in [1.165, 1.54) is 4.90 Å². The Kier molecular flexibility index (Phi) is 5.31. The molecule has 0 saturated carbocycles. The maximum atomic E-state index is 12.1. The molecule has 0 N–H and O–H groups in total. The predicted molar refractivity (Wildman–Crippen MR) is 70.7 cm³/mol. The molecule has 0 spiro atoms. The highest BCUT2D eigenvalue weighted by molar-refractivity contribution is 5.85. The van der Waals surface area contributed by atoms with Gasteiger partial charge in [0, 0.05) is 20.1 Å². The van der Waals surface area contributed by atoms with E-state index in [0.717, 1.165) is 6.54 Å². The maximum Gasteiger partial charge on any atom is 0.326 e. The van der Waals surface area contributed by atoms with Crippen LogP contribution in [0, 0.1) is 0 Å². The number of carbonyl (C=O) groups excluding carboxylic acids is 2. The summed E-state index contributed by atoms with van der Waals surface area (Å²) < 4.78 is 10.6. The van der Waals surface area contributed by atoms with Gasteiger partial charge in [-0.3, -0.25) is 9.59 Å². The molecule has 19 heavy (non-hydrogen) atoms. The summed E-state index contributed by atoms with van der Waals surface area (Å²) in [6.07, 6.45) is -0.494. The summed E-state index contributed by atoms with van der Waals surface area (Å²) in [5.74, 6) is -0.593. The SMILES string of the molecule is CN1CCOC(C(=O)N(C)CC(=O)OC(C)(C)C)C1. The van der Waals surface area contributed by atoms with Gasteiger partial charge in [0.05, 0.1) is 6.61 Å². The van der Waals surface area contributed by atoms with Crippen LogP contribution in [0.1, 0.15) is 20.8 Å². The molecule has 1 saturated heterocycles. The zero-order valence-corrected chi connectivity index (χ0v) is 12.4. The first-order chi connectivity index (χ1) is 8.69. The van der Waals surface area contributed by atoms with E-state index in [1.807, 2.05) is 11.9 Å². The van der Waals surface area contributed by atoms with Crippen LogP contribution < -0.4 is 0 Å². The quantitative estimate of drug-likeness (QED) is 0.683. The number of esters is 1. The molecular weight excluding hydrogens is 248 g/mol. The van der Waals surface area contributed by atoms with Crippen LogP contribution in [0.3, 0.4) is 0 Å². The highest BCUT2D eigenvalue weighted by Gasteiger charge is 2.29. The average molecular weight is 272 g/mol. The molecule has 0 radical (unpaired) electrons. The Morgan fingerprint density at radius 3 is 2.58 bits per heavy atom. The molecule has 1 unspecified atom stereocenters. The van der Waals surface area contributed by atoms with Gasteiger partial charge in [-0.1, -0.05) is 0 Å². The Morgan fingerprint density at radius 1 is 1.42 bits per heavy atom. The third-order valence-electron chi connectivity index (χ3n) is 2.71. The van der Waals surface area contributed by atoms with Gasteiger partial charge in [0.2, 0.25) is 0 Å². The minimum absolute atomic E-state index is 0.0559. The Labute approximate surface area is 114 Å². The molecule has 0 aromatic carbocycles. The van der Waals surface area contributed by atoms with E-state index in [0.29, 0.717) is 13.2 Å². The van der Waals surface area contributed by atoms with E-state index in [4.69, 9.17) is 9.47 Å². The van der Waals surface area contributed by atoms with Crippen molar-refractivity contribution in [2.75, 3.05) is 40.3 Å².